The molecular weight excluding hydrogens is 276 g/mol. The molecule has 0 aliphatic rings. The summed E-state index contributed by atoms with van der Waals surface area (Å²) in [4.78, 5) is 0. The minimum atomic E-state index is 0.898. The second kappa shape index (κ2) is 18.3. The molecule has 0 nitrogen and oxygen atoms in total. The smallest absolute Gasteiger partial charge is 0.0471 e. The molecule has 0 heterocycles. The predicted octanol–water partition coefficient (Wildman–Crippen LogP) is 8.93. The van der Waals surface area contributed by atoms with Gasteiger partial charge in [-0.15, -0.1) is 0 Å². The predicted molar refractivity (Wildman–Crippen MR) is 108 cm³/mol. The lowest BCUT2D eigenvalue weighted by molar-refractivity contribution is 0.496. The summed E-state index contributed by atoms with van der Waals surface area (Å²) in [5, 5.41) is 0. The second-order valence-corrected chi connectivity index (χ2v) is 8.67. The highest BCUT2D eigenvalue weighted by Crippen LogP contribution is 2.15. The third-order valence-corrected chi connectivity index (χ3v) is 5.06. The second-order valence-electron chi connectivity index (χ2n) is 8.67. The van der Waals surface area contributed by atoms with Crippen LogP contribution in [0.15, 0.2) is 0 Å². The van der Waals surface area contributed by atoms with Gasteiger partial charge in [-0.25, -0.2) is 0 Å². The highest BCUT2D eigenvalue weighted by molar-refractivity contribution is 4.52. The molecule has 23 heavy (non-hydrogen) atoms. The van der Waals surface area contributed by atoms with Crippen LogP contribution in [-0.4, -0.2) is 0 Å². The van der Waals surface area contributed by atoms with E-state index in [4.69, 9.17) is 0 Å². The molecule has 0 aliphatic carbocycles. The molecule has 0 aromatic rings. The molecular formula is C23H48. The Morgan fingerprint density at radius 3 is 0.652 bits per heavy atom. The maximum Gasteiger partial charge on any atom is -0.0471 e. The summed E-state index contributed by atoms with van der Waals surface area (Å²) in [6.45, 7) is 9.36. The van der Waals surface area contributed by atoms with Crippen molar-refractivity contribution in [3.8, 4) is 0 Å². The fourth-order valence-corrected chi connectivity index (χ4v) is 3.40. The molecule has 0 N–H and O–H groups in total. The van der Waals surface area contributed by atoms with E-state index in [0.717, 1.165) is 11.8 Å². The highest BCUT2D eigenvalue weighted by atomic mass is 14.0. The molecule has 0 saturated carbocycles. The molecule has 0 aromatic heterocycles. The van der Waals surface area contributed by atoms with Gasteiger partial charge >= 0.3 is 0 Å². The van der Waals surface area contributed by atoms with E-state index < -0.39 is 0 Å². The summed E-state index contributed by atoms with van der Waals surface area (Å²) in [6, 6.07) is 0. The van der Waals surface area contributed by atoms with Crippen molar-refractivity contribution in [3.63, 3.8) is 0 Å². The molecule has 0 heteroatoms. The van der Waals surface area contributed by atoms with E-state index in [2.05, 4.69) is 27.7 Å². The minimum absolute atomic E-state index is 0.898. The standard InChI is InChI=1S/C23H48/c1-22(2)20-18-16-14-12-10-8-6-5-7-9-11-13-15-17-19-21-23(3)4/h22-23H,5-21H2,1-4H3. The first-order chi connectivity index (χ1) is 11.1. The molecule has 0 aliphatic heterocycles. The highest BCUT2D eigenvalue weighted by Gasteiger charge is 1.97. The van der Waals surface area contributed by atoms with Crippen LogP contribution in [0.1, 0.15) is 137 Å². The third-order valence-electron chi connectivity index (χ3n) is 5.06. The summed E-state index contributed by atoms with van der Waals surface area (Å²) in [6.07, 6.45) is 25.0. The normalized spacial score (nSPS) is 11.7. The van der Waals surface area contributed by atoms with Crippen molar-refractivity contribution in [2.24, 2.45) is 11.8 Å². The lowest BCUT2D eigenvalue weighted by atomic mass is 10.0. The van der Waals surface area contributed by atoms with Crippen LogP contribution in [0.5, 0.6) is 0 Å². The van der Waals surface area contributed by atoms with Gasteiger partial charge in [0.1, 0.15) is 0 Å². The summed E-state index contributed by atoms with van der Waals surface area (Å²) in [5.74, 6) is 1.80. The van der Waals surface area contributed by atoms with Crippen LogP contribution in [-0.2, 0) is 0 Å². The fraction of sp³-hybridized carbons (Fsp3) is 1.00. The van der Waals surface area contributed by atoms with Crippen molar-refractivity contribution >= 4 is 0 Å². The zero-order valence-electron chi connectivity index (χ0n) is 17.2. The van der Waals surface area contributed by atoms with Crippen LogP contribution in [0.2, 0.25) is 0 Å². The number of unbranched alkanes of at least 4 members (excludes halogenated alkanes) is 14. The quantitative estimate of drug-likeness (QED) is 0.221. The van der Waals surface area contributed by atoms with Gasteiger partial charge in [-0.3, -0.25) is 0 Å². The monoisotopic (exact) mass is 324 g/mol. The lowest BCUT2D eigenvalue weighted by Gasteiger charge is -2.05. The van der Waals surface area contributed by atoms with Crippen molar-refractivity contribution in [2.45, 2.75) is 137 Å². The van der Waals surface area contributed by atoms with Gasteiger partial charge in [-0.1, -0.05) is 137 Å². The van der Waals surface area contributed by atoms with Crippen LogP contribution in [0.4, 0.5) is 0 Å². The largest absolute Gasteiger partial charge is 0.0628 e. The number of hydrogen-bond acceptors (Lipinski definition) is 0. The Bertz CT molecular complexity index is 182. The van der Waals surface area contributed by atoms with Gasteiger partial charge in [-0.05, 0) is 11.8 Å². The van der Waals surface area contributed by atoms with Gasteiger partial charge < -0.3 is 0 Å². The zero-order valence-corrected chi connectivity index (χ0v) is 17.2. The Labute approximate surface area is 149 Å². The maximum atomic E-state index is 2.34. The van der Waals surface area contributed by atoms with Gasteiger partial charge in [0.2, 0.25) is 0 Å². The Morgan fingerprint density at radius 2 is 0.478 bits per heavy atom. The molecule has 140 valence electrons. The molecule has 0 fully saturated rings. The Hall–Kier alpha value is 0. The van der Waals surface area contributed by atoms with E-state index in [-0.39, 0.29) is 0 Å². The lowest BCUT2D eigenvalue weighted by Crippen LogP contribution is -1.88. The van der Waals surface area contributed by atoms with Crippen LogP contribution >= 0.6 is 0 Å². The van der Waals surface area contributed by atoms with Gasteiger partial charge in [0.05, 0.1) is 0 Å². The van der Waals surface area contributed by atoms with Crippen LogP contribution in [0.25, 0.3) is 0 Å². The Balaban J connectivity index is 2.97. The van der Waals surface area contributed by atoms with Gasteiger partial charge in [-0.2, -0.15) is 0 Å². The minimum Gasteiger partial charge on any atom is -0.0628 e. The summed E-state index contributed by atoms with van der Waals surface area (Å²) < 4.78 is 0. The molecule has 0 rings (SSSR count). The summed E-state index contributed by atoms with van der Waals surface area (Å²) in [7, 11) is 0. The molecule has 0 unspecified atom stereocenters. The number of hydrogen-bond donors (Lipinski definition) is 0. The van der Waals surface area contributed by atoms with Gasteiger partial charge in [0.15, 0.2) is 0 Å². The summed E-state index contributed by atoms with van der Waals surface area (Å²) >= 11 is 0. The molecule has 0 amide bonds. The maximum absolute atomic E-state index is 2.34. The third kappa shape index (κ3) is 22.0. The first-order valence-electron chi connectivity index (χ1n) is 11.1. The molecule has 0 saturated heterocycles. The van der Waals surface area contributed by atoms with E-state index in [1.165, 1.54) is 109 Å². The van der Waals surface area contributed by atoms with E-state index in [9.17, 15) is 0 Å². The Kier molecular flexibility index (Phi) is 18.3. The van der Waals surface area contributed by atoms with Crippen molar-refractivity contribution in [1.29, 1.82) is 0 Å². The fourth-order valence-electron chi connectivity index (χ4n) is 3.40. The Morgan fingerprint density at radius 1 is 0.304 bits per heavy atom. The van der Waals surface area contributed by atoms with Gasteiger partial charge in [0, 0.05) is 0 Å². The van der Waals surface area contributed by atoms with Crippen molar-refractivity contribution < 1.29 is 0 Å². The molecule has 0 spiro atoms. The zero-order chi connectivity index (χ0) is 17.2. The van der Waals surface area contributed by atoms with Gasteiger partial charge in [0.25, 0.3) is 0 Å². The van der Waals surface area contributed by atoms with E-state index in [1.54, 1.807) is 0 Å². The average Bonchev–Trinajstić information content (AvgIpc) is 2.49. The van der Waals surface area contributed by atoms with Crippen LogP contribution in [0, 0.1) is 11.8 Å². The SMILES string of the molecule is CC(C)CCCCCCCCCCCCCCCCCC(C)C. The molecule has 0 bridgehead atoms. The molecule has 0 aromatic carbocycles. The average molecular weight is 325 g/mol. The topological polar surface area (TPSA) is 0 Å². The van der Waals surface area contributed by atoms with E-state index >= 15 is 0 Å². The van der Waals surface area contributed by atoms with Crippen molar-refractivity contribution in [1.82, 2.24) is 0 Å². The van der Waals surface area contributed by atoms with Crippen LogP contribution < -0.4 is 0 Å². The van der Waals surface area contributed by atoms with Crippen LogP contribution in [0.3, 0.4) is 0 Å². The van der Waals surface area contributed by atoms with E-state index in [1.807, 2.05) is 0 Å². The molecule has 0 radical (unpaired) electrons. The first kappa shape index (κ1) is 23.0. The van der Waals surface area contributed by atoms with Crippen molar-refractivity contribution in [3.05, 3.63) is 0 Å². The van der Waals surface area contributed by atoms with Crippen molar-refractivity contribution in [2.75, 3.05) is 0 Å². The molecule has 0 atom stereocenters. The first-order valence-corrected chi connectivity index (χ1v) is 11.1. The summed E-state index contributed by atoms with van der Waals surface area (Å²) in [5.41, 5.74) is 0. The number of rotatable bonds is 18. The van der Waals surface area contributed by atoms with E-state index in [0.29, 0.717) is 0 Å².